The van der Waals surface area contributed by atoms with E-state index >= 15 is 0 Å². The molecule has 0 amide bonds. The van der Waals surface area contributed by atoms with Crippen LogP contribution in [0.25, 0.3) is 0 Å². The Morgan fingerprint density at radius 3 is 2.88 bits per heavy atom. The molecule has 0 aliphatic carbocycles. The predicted molar refractivity (Wildman–Crippen MR) is 62.5 cm³/mol. The van der Waals surface area contributed by atoms with Gasteiger partial charge in [0.15, 0.2) is 11.6 Å². The van der Waals surface area contributed by atoms with Crippen molar-refractivity contribution < 1.29 is 9.13 Å². The highest BCUT2D eigenvalue weighted by Crippen LogP contribution is 2.30. The van der Waals surface area contributed by atoms with Crippen molar-refractivity contribution in [2.24, 2.45) is 0 Å². The van der Waals surface area contributed by atoms with Crippen molar-refractivity contribution in [3.8, 4) is 5.75 Å². The minimum Gasteiger partial charge on any atom is -0.494 e. The first-order chi connectivity index (χ1) is 7.72. The summed E-state index contributed by atoms with van der Waals surface area (Å²) in [6, 6.07) is 3.42. The summed E-state index contributed by atoms with van der Waals surface area (Å²) in [5.74, 6) is 0.521. The highest BCUT2D eigenvalue weighted by atomic mass is 19.1. The molecule has 1 atom stereocenters. The van der Waals surface area contributed by atoms with E-state index in [1.54, 1.807) is 12.1 Å². The molecule has 2 rings (SSSR count). The molecular formula is C13H18FNO. The van der Waals surface area contributed by atoms with Crippen LogP contribution in [0.4, 0.5) is 4.39 Å². The average molecular weight is 223 g/mol. The van der Waals surface area contributed by atoms with Gasteiger partial charge in [0.05, 0.1) is 7.11 Å². The highest BCUT2D eigenvalue weighted by molar-refractivity contribution is 5.38. The van der Waals surface area contributed by atoms with Gasteiger partial charge in [0.2, 0.25) is 0 Å². The van der Waals surface area contributed by atoms with Crippen molar-refractivity contribution in [3.05, 3.63) is 29.1 Å². The summed E-state index contributed by atoms with van der Waals surface area (Å²) < 4.78 is 18.6. The molecule has 0 bridgehead atoms. The van der Waals surface area contributed by atoms with Gasteiger partial charge < -0.3 is 10.1 Å². The summed E-state index contributed by atoms with van der Waals surface area (Å²) in [5, 5.41) is 3.35. The molecule has 0 saturated carbocycles. The van der Waals surface area contributed by atoms with E-state index in [0.29, 0.717) is 11.7 Å². The summed E-state index contributed by atoms with van der Waals surface area (Å²) in [7, 11) is 1.50. The first-order valence-electron chi connectivity index (χ1n) is 5.77. The van der Waals surface area contributed by atoms with Crippen molar-refractivity contribution in [3.63, 3.8) is 0 Å². The second-order valence-corrected chi connectivity index (χ2v) is 4.39. The number of rotatable bonds is 2. The van der Waals surface area contributed by atoms with Crippen molar-refractivity contribution in [1.82, 2.24) is 5.32 Å². The first-order valence-corrected chi connectivity index (χ1v) is 5.77. The van der Waals surface area contributed by atoms with Crippen molar-refractivity contribution in [2.45, 2.75) is 25.7 Å². The predicted octanol–water partition coefficient (Wildman–Crippen LogP) is 2.61. The Morgan fingerprint density at radius 1 is 1.44 bits per heavy atom. The number of hydrogen-bond donors (Lipinski definition) is 1. The SMILES string of the molecule is COc1cc(C)c(C2CCCNC2)cc1F. The van der Waals surface area contributed by atoms with E-state index in [9.17, 15) is 4.39 Å². The Bertz CT molecular complexity index is 372. The second kappa shape index (κ2) is 4.83. The monoisotopic (exact) mass is 223 g/mol. The molecule has 1 aromatic rings. The molecule has 1 N–H and O–H groups in total. The molecule has 1 unspecified atom stereocenters. The number of methoxy groups -OCH3 is 1. The van der Waals surface area contributed by atoms with Crippen LogP contribution in [-0.4, -0.2) is 20.2 Å². The van der Waals surface area contributed by atoms with Gasteiger partial charge in [0, 0.05) is 6.54 Å². The third-order valence-electron chi connectivity index (χ3n) is 3.28. The maximum atomic E-state index is 13.6. The molecule has 1 fully saturated rings. The first kappa shape index (κ1) is 11.4. The topological polar surface area (TPSA) is 21.3 Å². The maximum Gasteiger partial charge on any atom is 0.165 e. The van der Waals surface area contributed by atoms with E-state index < -0.39 is 0 Å². The standard InChI is InChI=1S/C13H18FNO/c1-9-6-13(16-2)12(14)7-11(9)10-4-3-5-15-8-10/h6-7,10,15H,3-5,8H2,1-2H3. The molecule has 1 aromatic carbocycles. The van der Waals surface area contributed by atoms with E-state index in [0.717, 1.165) is 37.1 Å². The summed E-state index contributed by atoms with van der Waals surface area (Å²) in [5.41, 5.74) is 2.23. The number of hydrogen-bond acceptors (Lipinski definition) is 2. The third-order valence-corrected chi connectivity index (χ3v) is 3.28. The smallest absolute Gasteiger partial charge is 0.165 e. The van der Waals surface area contributed by atoms with Gasteiger partial charge in [0.1, 0.15) is 0 Å². The van der Waals surface area contributed by atoms with E-state index in [1.807, 2.05) is 6.92 Å². The van der Waals surface area contributed by atoms with E-state index in [-0.39, 0.29) is 5.82 Å². The lowest BCUT2D eigenvalue weighted by Gasteiger charge is -2.25. The Kier molecular flexibility index (Phi) is 3.44. The lowest BCUT2D eigenvalue weighted by Crippen LogP contribution is -2.28. The number of halogens is 1. The molecule has 88 valence electrons. The molecule has 1 aliphatic rings. The summed E-state index contributed by atoms with van der Waals surface area (Å²) in [6.07, 6.45) is 2.30. The summed E-state index contributed by atoms with van der Waals surface area (Å²) in [4.78, 5) is 0. The number of aryl methyl sites for hydroxylation is 1. The largest absolute Gasteiger partial charge is 0.494 e. The minimum atomic E-state index is -0.256. The molecule has 1 heterocycles. The fraction of sp³-hybridized carbons (Fsp3) is 0.538. The van der Waals surface area contributed by atoms with Gasteiger partial charge in [-0.1, -0.05) is 0 Å². The summed E-state index contributed by atoms with van der Waals surface area (Å²) in [6.45, 7) is 4.05. The van der Waals surface area contributed by atoms with Crippen LogP contribution in [0.2, 0.25) is 0 Å². The Labute approximate surface area is 95.8 Å². The number of benzene rings is 1. The zero-order chi connectivity index (χ0) is 11.5. The van der Waals surface area contributed by atoms with Gasteiger partial charge in [-0.05, 0) is 55.5 Å². The van der Waals surface area contributed by atoms with Gasteiger partial charge in [-0.25, -0.2) is 4.39 Å². The summed E-state index contributed by atoms with van der Waals surface area (Å²) >= 11 is 0. The fourth-order valence-electron chi connectivity index (χ4n) is 2.38. The molecule has 1 saturated heterocycles. The van der Waals surface area contributed by atoms with E-state index in [2.05, 4.69) is 5.32 Å². The van der Waals surface area contributed by atoms with Crippen LogP contribution in [-0.2, 0) is 0 Å². The van der Waals surface area contributed by atoms with Crippen LogP contribution in [0.15, 0.2) is 12.1 Å². The number of nitrogens with one attached hydrogen (secondary N) is 1. The normalized spacial score (nSPS) is 20.8. The zero-order valence-electron chi connectivity index (χ0n) is 9.85. The van der Waals surface area contributed by atoms with Gasteiger partial charge in [-0.2, -0.15) is 0 Å². The molecule has 2 nitrogen and oxygen atoms in total. The lowest BCUT2D eigenvalue weighted by atomic mass is 9.88. The Hall–Kier alpha value is -1.09. The minimum absolute atomic E-state index is 0.256. The van der Waals surface area contributed by atoms with Crippen LogP contribution in [0.3, 0.4) is 0 Å². The van der Waals surface area contributed by atoms with E-state index in [1.165, 1.54) is 7.11 Å². The highest BCUT2D eigenvalue weighted by Gasteiger charge is 2.19. The lowest BCUT2D eigenvalue weighted by molar-refractivity contribution is 0.384. The van der Waals surface area contributed by atoms with E-state index in [4.69, 9.17) is 4.74 Å². The Morgan fingerprint density at radius 2 is 2.25 bits per heavy atom. The fourth-order valence-corrected chi connectivity index (χ4v) is 2.38. The molecule has 0 aromatic heterocycles. The van der Waals surface area contributed by atoms with Crippen molar-refractivity contribution >= 4 is 0 Å². The van der Waals surface area contributed by atoms with Crippen molar-refractivity contribution in [1.29, 1.82) is 0 Å². The van der Waals surface area contributed by atoms with Crippen LogP contribution in [0.1, 0.15) is 29.9 Å². The zero-order valence-corrected chi connectivity index (χ0v) is 9.85. The molecular weight excluding hydrogens is 205 g/mol. The van der Waals surface area contributed by atoms with Gasteiger partial charge in [-0.15, -0.1) is 0 Å². The van der Waals surface area contributed by atoms with Gasteiger partial charge in [-0.3, -0.25) is 0 Å². The van der Waals surface area contributed by atoms with Crippen LogP contribution in [0.5, 0.6) is 5.75 Å². The molecule has 16 heavy (non-hydrogen) atoms. The van der Waals surface area contributed by atoms with Gasteiger partial charge in [0.25, 0.3) is 0 Å². The molecule has 0 spiro atoms. The average Bonchev–Trinajstić information content (AvgIpc) is 2.32. The third kappa shape index (κ3) is 2.19. The van der Waals surface area contributed by atoms with Crippen molar-refractivity contribution in [2.75, 3.05) is 20.2 Å². The molecule has 1 aliphatic heterocycles. The Balaban J connectivity index is 2.29. The van der Waals surface area contributed by atoms with Gasteiger partial charge >= 0.3 is 0 Å². The molecule has 0 radical (unpaired) electrons. The molecule has 3 heteroatoms. The van der Waals surface area contributed by atoms with Crippen LogP contribution < -0.4 is 10.1 Å². The maximum absolute atomic E-state index is 13.6. The number of ether oxygens (including phenoxy) is 1. The quantitative estimate of drug-likeness (QED) is 0.832. The second-order valence-electron chi connectivity index (χ2n) is 4.39. The number of piperidine rings is 1. The van der Waals surface area contributed by atoms with Crippen LogP contribution in [0, 0.1) is 12.7 Å². The van der Waals surface area contributed by atoms with Crippen LogP contribution >= 0.6 is 0 Å².